The van der Waals surface area contributed by atoms with E-state index in [1.54, 1.807) is 6.07 Å². The molecule has 88 valence electrons. The number of nitrogens with two attached hydrogens (primary N) is 1. The number of hydrogen-bond acceptors (Lipinski definition) is 2. The van der Waals surface area contributed by atoms with Crippen molar-refractivity contribution in [1.82, 2.24) is 0 Å². The van der Waals surface area contributed by atoms with Crippen molar-refractivity contribution in [3.8, 4) is 0 Å². The summed E-state index contributed by atoms with van der Waals surface area (Å²) in [4.78, 5) is 0. The fourth-order valence-corrected chi connectivity index (χ4v) is 1.61. The average Bonchev–Trinajstić information content (AvgIpc) is 2.23. The maximum absolute atomic E-state index is 13.6. The molecule has 0 saturated carbocycles. The van der Waals surface area contributed by atoms with Gasteiger partial charge in [0.15, 0.2) is 5.82 Å². The summed E-state index contributed by atoms with van der Waals surface area (Å²) >= 11 is 5.63. The van der Waals surface area contributed by atoms with E-state index in [2.05, 4.69) is 5.32 Å². The van der Waals surface area contributed by atoms with E-state index >= 15 is 0 Å². The topological polar surface area (TPSA) is 38.0 Å². The van der Waals surface area contributed by atoms with Crippen molar-refractivity contribution in [2.45, 2.75) is 0 Å². The molecule has 0 fully saturated rings. The number of halogens is 3. The maximum Gasteiger partial charge on any atom is 0.165 e. The molecule has 0 aromatic heterocycles. The van der Waals surface area contributed by atoms with Crippen molar-refractivity contribution < 1.29 is 8.78 Å². The molecule has 0 spiro atoms. The number of nitrogen functional groups attached to an aromatic ring is 1. The van der Waals surface area contributed by atoms with Gasteiger partial charge in [-0.2, -0.15) is 0 Å². The molecule has 0 bridgehead atoms. The van der Waals surface area contributed by atoms with Crippen LogP contribution in [0, 0.1) is 11.6 Å². The average molecular weight is 255 g/mol. The first-order valence-electron chi connectivity index (χ1n) is 4.83. The summed E-state index contributed by atoms with van der Waals surface area (Å²) in [6.45, 7) is 0. The van der Waals surface area contributed by atoms with Gasteiger partial charge in [-0.1, -0.05) is 17.7 Å². The van der Waals surface area contributed by atoms with Gasteiger partial charge in [0.2, 0.25) is 0 Å². The van der Waals surface area contributed by atoms with Crippen molar-refractivity contribution in [1.29, 1.82) is 0 Å². The zero-order valence-electron chi connectivity index (χ0n) is 8.68. The smallest absolute Gasteiger partial charge is 0.165 e. The predicted octanol–water partition coefficient (Wildman–Crippen LogP) is 3.94. The van der Waals surface area contributed by atoms with Crippen LogP contribution in [0.2, 0.25) is 5.02 Å². The van der Waals surface area contributed by atoms with Crippen LogP contribution in [-0.2, 0) is 0 Å². The van der Waals surface area contributed by atoms with E-state index in [0.717, 1.165) is 0 Å². The zero-order valence-corrected chi connectivity index (χ0v) is 9.43. The minimum Gasteiger partial charge on any atom is -0.399 e. The standard InChI is InChI=1S/C12H9ClF2N2/c13-10-2-1-3-11(12(10)15)17-9-5-7(14)4-8(16)6-9/h1-6,17H,16H2. The number of anilines is 3. The van der Waals surface area contributed by atoms with Gasteiger partial charge >= 0.3 is 0 Å². The van der Waals surface area contributed by atoms with Crippen LogP contribution in [0.3, 0.4) is 0 Å². The first-order chi connectivity index (χ1) is 8.06. The third kappa shape index (κ3) is 2.65. The summed E-state index contributed by atoms with van der Waals surface area (Å²) in [6.07, 6.45) is 0. The van der Waals surface area contributed by atoms with Crippen molar-refractivity contribution in [3.63, 3.8) is 0 Å². The first kappa shape index (κ1) is 11.7. The van der Waals surface area contributed by atoms with Gasteiger partial charge < -0.3 is 11.1 Å². The van der Waals surface area contributed by atoms with Gasteiger partial charge in [0.1, 0.15) is 5.82 Å². The van der Waals surface area contributed by atoms with Gasteiger partial charge in [0.25, 0.3) is 0 Å². The molecule has 0 aliphatic heterocycles. The summed E-state index contributed by atoms with van der Waals surface area (Å²) in [7, 11) is 0. The third-order valence-corrected chi connectivity index (χ3v) is 2.44. The Kier molecular flexibility index (Phi) is 3.15. The van der Waals surface area contributed by atoms with Gasteiger partial charge in [0.05, 0.1) is 10.7 Å². The van der Waals surface area contributed by atoms with E-state index in [1.165, 1.54) is 30.3 Å². The van der Waals surface area contributed by atoms with E-state index in [0.29, 0.717) is 5.69 Å². The highest BCUT2D eigenvalue weighted by Crippen LogP contribution is 2.26. The second kappa shape index (κ2) is 4.59. The van der Waals surface area contributed by atoms with Crippen molar-refractivity contribution >= 4 is 28.7 Å². The lowest BCUT2D eigenvalue weighted by atomic mass is 10.2. The predicted molar refractivity (Wildman–Crippen MR) is 65.5 cm³/mol. The second-order valence-electron chi connectivity index (χ2n) is 3.50. The Bertz CT molecular complexity index is 538. The fourth-order valence-electron chi connectivity index (χ4n) is 1.44. The summed E-state index contributed by atoms with van der Waals surface area (Å²) in [6, 6.07) is 8.43. The van der Waals surface area contributed by atoms with Crippen LogP contribution in [0.15, 0.2) is 36.4 Å². The molecule has 0 aliphatic carbocycles. The van der Waals surface area contributed by atoms with Gasteiger partial charge in [-0.05, 0) is 30.3 Å². The summed E-state index contributed by atoms with van der Waals surface area (Å²) in [5.41, 5.74) is 6.27. The number of hydrogen-bond donors (Lipinski definition) is 2. The molecule has 3 N–H and O–H groups in total. The SMILES string of the molecule is Nc1cc(F)cc(Nc2cccc(Cl)c2F)c1. The number of nitrogens with one attached hydrogen (secondary N) is 1. The zero-order chi connectivity index (χ0) is 12.4. The van der Waals surface area contributed by atoms with Gasteiger partial charge in [-0.3, -0.25) is 0 Å². The lowest BCUT2D eigenvalue weighted by Crippen LogP contribution is -1.96. The molecular weight excluding hydrogens is 246 g/mol. The van der Waals surface area contributed by atoms with Crippen LogP contribution >= 0.6 is 11.6 Å². The molecule has 0 unspecified atom stereocenters. The quantitative estimate of drug-likeness (QED) is 0.797. The van der Waals surface area contributed by atoms with E-state index < -0.39 is 11.6 Å². The third-order valence-electron chi connectivity index (χ3n) is 2.15. The molecule has 2 rings (SSSR count). The van der Waals surface area contributed by atoms with Gasteiger partial charge in [-0.25, -0.2) is 8.78 Å². The molecule has 2 nitrogen and oxygen atoms in total. The Morgan fingerprint density at radius 3 is 2.59 bits per heavy atom. The molecule has 0 amide bonds. The lowest BCUT2D eigenvalue weighted by Gasteiger charge is -2.09. The van der Waals surface area contributed by atoms with Crippen LogP contribution in [0.4, 0.5) is 25.8 Å². The molecule has 2 aromatic rings. The molecule has 0 aliphatic rings. The summed E-state index contributed by atoms with van der Waals surface area (Å²) in [5, 5.41) is 2.71. The van der Waals surface area contributed by atoms with Gasteiger partial charge in [0, 0.05) is 11.4 Å². The second-order valence-corrected chi connectivity index (χ2v) is 3.91. The monoisotopic (exact) mass is 254 g/mol. The highest BCUT2D eigenvalue weighted by Gasteiger charge is 2.07. The highest BCUT2D eigenvalue weighted by atomic mass is 35.5. The minimum atomic E-state index is -0.586. The lowest BCUT2D eigenvalue weighted by molar-refractivity contribution is 0.627. The largest absolute Gasteiger partial charge is 0.399 e. The fraction of sp³-hybridized carbons (Fsp3) is 0. The van der Waals surface area contributed by atoms with Crippen molar-refractivity contribution in [3.05, 3.63) is 53.1 Å². The van der Waals surface area contributed by atoms with E-state index in [9.17, 15) is 8.78 Å². The van der Waals surface area contributed by atoms with Crippen LogP contribution in [0.1, 0.15) is 0 Å². The number of benzene rings is 2. The van der Waals surface area contributed by atoms with E-state index in [1.807, 2.05) is 0 Å². The molecule has 17 heavy (non-hydrogen) atoms. The molecule has 2 aromatic carbocycles. The van der Waals surface area contributed by atoms with Crippen LogP contribution in [0.25, 0.3) is 0 Å². The normalized spacial score (nSPS) is 10.3. The Hall–Kier alpha value is -1.81. The number of rotatable bonds is 2. The van der Waals surface area contributed by atoms with Crippen LogP contribution < -0.4 is 11.1 Å². The van der Waals surface area contributed by atoms with Gasteiger partial charge in [-0.15, -0.1) is 0 Å². The Morgan fingerprint density at radius 2 is 1.88 bits per heavy atom. The Balaban J connectivity index is 2.34. The van der Waals surface area contributed by atoms with Crippen molar-refractivity contribution in [2.75, 3.05) is 11.1 Å². The summed E-state index contributed by atoms with van der Waals surface area (Å²) < 4.78 is 26.6. The molecule has 5 heteroatoms. The van der Waals surface area contributed by atoms with Crippen LogP contribution in [-0.4, -0.2) is 0 Å². The van der Waals surface area contributed by atoms with Crippen molar-refractivity contribution in [2.24, 2.45) is 0 Å². The molecule has 0 saturated heterocycles. The maximum atomic E-state index is 13.6. The molecule has 0 heterocycles. The summed E-state index contributed by atoms with van der Waals surface area (Å²) in [5.74, 6) is -1.08. The van der Waals surface area contributed by atoms with Crippen LogP contribution in [0.5, 0.6) is 0 Å². The Morgan fingerprint density at radius 1 is 1.12 bits per heavy atom. The Labute approximate surface area is 102 Å². The van der Waals surface area contributed by atoms with E-state index in [4.69, 9.17) is 17.3 Å². The molecule has 0 radical (unpaired) electrons. The first-order valence-corrected chi connectivity index (χ1v) is 5.21. The molecular formula is C12H9ClF2N2. The highest BCUT2D eigenvalue weighted by molar-refractivity contribution is 6.31. The molecule has 0 atom stereocenters. The van der Waals surface area contributed by atoms with E-state index in [-0.39, 0.29) is 16.4 Å². The minimum absolute atomic E-state index is 0.000579.